The predicted octanol–water partition coefficient (Wildman–Crippen LogP) is 2.38. The summed E-state index contributed by atoms with van der Waals surface area (Å²) >= 11 is 3.08. The van der Waals surface area contributed by atoms with Crippen LogP contribution in [0, 0.1) is 13.8 Å². The molecule has 0 bridgehead atoms. The molecule has 7 heteroatoms. The molecule has 2 heterocycles. The monoisotopic (exact) mass is 324 g/mol. The molecule has 0 aliphatic heterocycles. The molecule has 2 aromatic heterocycles. The zero-order chi connectivity index (χ0) is 15.6. The van der Waals surface area contributed by atoms with Gasteiger partial charge in [0.2, 0.25) is 0 Å². The van der Waals surface area contributed by atoms with Gasteiger partial charge in [0.05, 0.1) is 16.2 Å². The molecule has 0 aromatic carbocycles. The van der Waals surface area contributed by atoms with Gasteiger partial charge < -0.3 is 11.1 Å². The number of nitrogens with one attached hydrogen (secondary N) is 1. The third-order valence-corrected chi connectivity index (χ3v) is 5.44. The summed E-state index contributed by atoms with van der Waals surface area (Å²) < 4.78 is 0. The number of nitrogens with two attached hydrogens (primary N) is 1. The summed E-state index contributed by atoms with van der Waals surface area (Å²) in [4.78, 5) is 22.3. The third kappa shape index (κ3) is 3.66. The van der Waals surface area contributed by atoms with Crippen LogP contribution in [0.4, 0.5) is 0 Å². The van der Waals surface area contributed by atoms with E-state index in [1.54, 1.807) is 16.7 Å². The highest BCUT2D eigenvalue weighted by atomic mass is 32.1. The van der Waals surface area contributed by atoms with Gasteiger partial charge in [-0.2, -0.15) is 0 Å². The minimum absolute atomic E-state index is 0.176. The molecule has 21 heavy (non-hydrogen) atoms. The molecule has 1 amide bonds. The van der Waals surface area contributed by atoms with E-state index < -0.39 is 5.54 Å². The van der Waals surface area contributed by atoms with Gasteiger partial charge in [-0.05, 0) is 34.2 Å². The van der Waals surface area contributed by atoms with Crippen molar-refractivity contribution in [2.24, 2.45) is 5.73 Å². The van der Waals surface area contributed by atoms with Crippen LogP contribution in [0.1, 0.15) is 44.9 Å². The Morgan fingerprint density at radius 3 is 2.67 bits per heavy atom. The fourth-order valence-corrected chi connectivity index (χ4v) is 3.56. The highest BCUT2D eigenvalue weighted by Gasteiger charge is 2.28. The van der Waals surface area contributed by atoms with Crippen LogP contribution >= 0.6 is 22.7 Å². The van der Waals surface area contributed by atoms with Gasteiger partial charge in [0, 0.05) is 16.7 Å². The number of rotatable bonds is 5. The summed E-state index contributed by atoms with van der Waals surface area (Å²) in [5, 5.41) is 6.58. The van der Waals surface area contributed by atoms with E-state index in [-0.39, 0.29) is 5.91 Å². The Bertz CT molecular complexity index is 626. The maximum absolute atomic E-state index is 12.3. The van der Waals surface area contributed by atoms with Crippen LogP contribution in [0.25, 0.3) is 0 Å². The quantitative estimate of drug-likeness (QED) is 0.885. The normalized spacial score (nSPS) is 11.7. The van der Waals surface area contributed by atoms with Crippen LogP contribution in [0.15, 0.2) is 5.38 Å². The van der Waals surface area contributed by atoms with E-state index in [4.69, 9.17) is 5.73 Å². The molecule has 0 unspecified atom stereocenters. The molecule has 114 valence electrons. The summed E-state index contributed by atoms with van der Waals surface area (Å²) in [6, 6.07) is 0. The zero-order valence-corrected chi connectivity index (χ0v) is 14.3. The van der Waals surface area contributed by atoms with Crippen molar-refractivity contribution in [2.45, 2.75) is 39.7 Å². The van der Waals surface area contributed by atoms with Crippen molar-refractivity contribution < 1.29 is 4.79 Å². The lowest BCUT2D eigenvalue weighted by Gasteiger charge is -2.23. The highest BCUT2D eigenvalue weighted by Crippen LogP contribution is 2.27. The van der Waals surface area contributed by atoms with Crippen molar-refractivity contribution in [1.82, 2.24) is 15.3 Å². The number of nitrogens with zero attached hydrogens (tertiary/aromatic N) is 2. The molecule has 0 saturated carbocycles. The first-order valence-corrected chi connectivity index (χ1v) is 8.44. The van der Waals surface area contributed by atoms with Gasteiger partial charge in [-0.3, -0.25) is 4.79 Å². The van der Waals surface area contributed by atoms with Crippen LogP contribution in [0.2, 0.25) is 0 Å². The second-order valence-corrected chi connectivity index (χ2v) is 7.55. The Labute approximate surface area is 132 Å². The fourth-order valence-electron chi connectivity index (χ4n) is 1.79. The molecule has 0 radical (unpaired) electrons. The minimum Gasteiger partial charge on any atom is -0.339 e. The van der Waals surface area contributed by atoms with Crippen molar-refractivity contribution >= 4 is 28.6 Å². The SMILES string of the molecule is Cc1nc(C(C)(C)NC(=O)c2csc(CCN)n2)sc1C. The maximum atomic E-state index is 12.3. The van der Waals surface area contributed by atoms with E-state index in [2.05, 4.69) is 15.3 Å². The molecule has 0 fully saturated rings. The van der Waals surface area contributed by atoms with Gasteiger partial charge in [-0.25, -0.2) is 9.97 Å². The fraction of sp³-hybridized carbons (Fsp3) is 0.500. The van der Waals surface area contributed by atoms with E-state index in [1.807, 2.05) is 27.7 Å². The molecule has 0 aliphatic rings. The molecule has 5 nitrogen and oxygen atoms in total. The van der Waals surface area contributed by atoms with Gasteiger partial charge >= 0.3 is 0 Å². The smallest absolute Gasteiger partial charge is 0.271 e. The molecule has 2 aromatic rings. The van der Waals surface area contributed by atoms with Gasteiger partial charge in [0.25, 0.3) is 5.91 Å². The number of aryl methyl sites for hydroxylation is 2. The van der Waals surface area contributed by atoms with Crippen LogP contribution in [0.5, 0.6) is 0 Å². The Hall–Kier alpha value is -1.31. The van der Waals surface area contributed by atoms with Crippen molar-refractivity contribution in [3.63, 3.8) is 0 Å². The lowest BCUT2D eigenvalue weighted by molar-refractivity contribution is 0.0907. The second-order valence-electron chi connectivity index (χ2n) is 5.40. The molecule has 0 saturated heterocycles. The highest BCUT2D eigenvalue weighted by molar-refractivity contribution is 7.11. The number of hydrogen-bond donors (Lipinski definition) is 2. The van der Waals surface area contributed by atoms with E-state index >= 15 is 0 Å². The molecular formula is C14H20N4OS2. The number of thiazole rings is 2. The van der Waals surface area contributed by atoms with E-state index in [9.17, 15) is 4.79 Å². The molecule has 0 atom stereocenters. The number of amides is 1. The molecule has 0 aliphatic carbocycles. The zero-order valence-electron chi connectivity index (χ0n) is 12.7. The van der Waals surface area contributed by atoms with Crippen LogP contribution in [0.3, 0.4) is 0 Å². The van der Waals surface area contributed by atoms with Crippen molar-refractivity contribution in [3.05, 3.63) is 31.7 Å². The van der Waals surface area contributed by atoms with Crippen LogP contribution in [-0.4, -0.2) is 22.4 Å². The molecule has 0 spiro atoms. The average molecular weight is 324 g/mol. The molecule has 2 rings (SSSR count). The van der Waals surface area contributed by atoms with Gasteiger partial charge in [0.1, 0.15) is 10.7 Å². The lowest BCUT2D eigenvalue weighted by atomic mass is 10.1. The predicted molar refractivity (Wildman–Crippen MR) is 87.0 cm³/mol. The van der Waals surface area contributed by atoms with E-state index in [0.29, 0.717) is 18.7 Å². The topological polar surface area (TPSA) is 80.9 Å². The Balaban J connectivity index is 2.13. The average Bonchev–Trinajstić information content (AvgIpc) is 2.98. The van der Waals surface area contributed by atoms with Crippen LogP contribution in [-0.2, 0) is 12.0 Å². The van der Waals surface area contributed by atoms with E-state index in [1.165, 1.54) is 16.2 Å². The summed E-state index contributed by atoms with van der Waals surface area (Å²) in [5.41, 5.74) is 6.44. The minimum atomic E-state index is -0.515. The Morgan fingerprint density at radius 2 is 2.10 bits per heavy atom. The standard InChI is InChI=1S/C14H20N4OS2/c1-8-9(2)21-13(16-8)14(3,4)18-12(19)10-7-20-11(17-10)5-6-15/h7H,5-6,15H2,1-4H3,(H,18,19). The number of hydrogen-bond acceptors (Lipinski definition) is 6. The molecule has 3 N–H and O–H groups in total. The van der Waals surface area contributed by atoms with Gasteiger partial charge in [-0.1, -0.05) is 0 Å². The summed E-state index contributed by atoms with van der Waals surface area (Å²) in [7, 11) is 0. The van der Waals surface area contributed by atoms with Crippen molar-refractivity contribution in [3.8, 4) is 0 Å². The number of aromatic nitrogens is 2. The first-order chi connectivity index (χ1) is 9.83. The Kier molecular flexibility index (Phi) is 4.75. The summed E-state index contributed by atoms with van der Waals surface area (Å²) in [5.74, 6) is -0.176. The number of carbonyl (C=O) groups is 1. The number of carbonyl (C=O) groups excluding carboxylic acids is 1. The van der Waals surface area contributed by atoms with Crippen molar-refractivity contribution in [1.29, 1.82) is 0 Å². The van der Waals surface area contributed by atoms with Gasteiger partial charge in [-0.15, -0.1) is 22.7 Å². The largest absolute Gasteiger partial charge is 0.339 e. The first kappa shape index (κ1) is 16.1. The summed E-state index contributed by atoms with van der Waals surface area (Å²) in [6.45, 7) is 8.46. The maximum Gasteiger partial charge on any atom is 0.271 e. The first-order valence-electron chi connectivity index (χ1n) is 6.75. The van der Waals surface area contributed by atoms with Crippen LogP contribution < -0.4 is 11.1 Å². The Morgan fingerprint density at radius 1 is 1.38 bits per heavy atom. The summed E-state index contributed by atoms with van der Waals surface area (Å²) in [6.07, 6.45) is 0.701. The second kappa shape index (κ2) is 6.21. The third-order valence-electron chi connectivity index (χ3n) is 3.13. The lowest BCUT2D eigenvalue weighted by Crippen LogP contribution is -2.41. The van der Waals surface area contributed by atoms with Crippen molar-refractivity contribution in [2.75, 3.05) is 6.54 Å². The molecular weight excluding hydrogens is 304 g/mol. The van der Waals surface area contributed by atoms with Gasteiger partial charge in [0.15, 0.2) is 0 Å². The van der Waals surface area contributed by atoms with E-state index in [0.717, 1.165) is 15.7 Å².